The molecule has 2 heterocycles. The van der Waals surface area contributed by atoms with E-state index < -0.39 is 21.5 Å². The second-order valence-electron chi connectivity index (χ2n) is 4.62. The van der Waals surface area contributed by atoms with Crippen LogP contribution in [0.4, 0.5) is 0 Å². The molecule has 18 heavy (non-hydrogen) atoms. The third-order valence-corrected chi connectivity index (χ3v) is 5.52. The van der Waals surface area contributed by atoms with Crippen LogP contribution >= 0.6 is 0 Å². The van der Waals surface area contributed by atoms with E-state index in [9.17, 15) is 18.3 Å². The van der Waals surface area contributed by atoms with Gasteiger partial charge in [0.1, 0.15) is 10.4 Å². The second-order valence-corrected chi connectivity index (χ2v) is 6.45. The fourth-order valence-corrected chi connectivity index (χ4v) is 4.18. The van der Waals surface area contributed by atoms with Gasteiger partial charge in [-0.3, -0.25) is 9.89 Å². The number of rotatable bonds is 3. The van der Waals surface area contributed by atoms with Gasteiger partial charge in [-0.05, 0) is 26.7 Å². The smallest absolute Gasteiger partial charge is 0.324 e. The first kappa shape index (κ1) is 13.0. The Balaban J connectivity index is 2.49. The number of aromatic nitrogens is 2. The van der Waals surface area contributed by atoms with Gasteiger partial charge in [-0.15, -0.1) is 0 Å². The fraction of sp³-hybridized carbons (Fsp3) is 0.600. The number of aliphatic carboxylic acids is 1. The summed E-state index contributed by atoms with van der Waals surface area (Å²) in [7, 11) is -3.82. The number of sulfonamides is 1. The third kappa shape index (κ3) is 1.72. The van der Waals surface area contributed by atoms with Gasteiger partial charge in [0.25, 0.3) is 0 Å². The Kier molecular flexibility index (Phi) is 2.94. The van der Waals surface area contributed by atoms with Gasteiger partial charge in [0.15, 0.2) is 0 Å². The number of nitrogens with zero attached hydrogens (tertiary/aromatic N) is 2. The van der Waals surface area contributed by atoms with Crippen molar-refractivity contribution in [1.29, 1.82) is 0 Å². The summed E-state index contributed by atoms with van der Waals surface area (Å²) in [6, 6.07) is 0. The molecule has 1 aromatic heterocycles. The molecule has 8 heteroatoms. The van der Waals surface area contributed by atoms with E-state index in [-0.39, 0.29) is 11.4 Å². The van der Waals surface area contributed by atoms with Gasteiger partial charge in [0.2, 0.25) is 10.0 Å². The lowest BCUT2D eigenvalue weighted by molar-refractivity contribution is -0.146. The highest BCUT2D eigenvalue weighted by atomic mass is 32.2. The number of aryl methyl sites for hydroxylation is 1. The molecule has 1 aliphatic rings. The highest BCUT2D eigenvalue weighted by molar-refractivity contribution is 7.89. The minimum absolute atomic E-state index is 0.0388. The summed E-state index contributed by atoms with van der Waals surface area (Å²) in [4.78, 5) is 11.3. The summed E-state index contributed by atoms with van der Waals surface area (Å²) in [6.45, 7) is 3.25. The van der Waals surface area contributed by atoms with E-state index in [4.69, 9.17) is 0 Å². The van der Waals surface area contributed by atoms with E-state index in [1.807, 2.05) is 0 Å². The molecule has 2 rings (SSSR count). The summed E-state index contributed by atoms with van der Waals surface area (Å²) >= 11 is 0. The summed E-state index contributed by atoms with van der Waals surface area (Å²) in [5.74, 6) is -1.12. The molecular formula is C10H15N3O4S. The van der Waals surface area contributed by atoms with Crippen molar-refractivity contribution in [3.05, 3.63) is 11.9 Å². The van der Waals surface area contributed by atoms with Crippen LogP contribution in [0.15, 0.2) is 11.1 Å². The van der Waals surface area contributed by atoms with Crippen LogP contribution in [0.5, 0.6) is 0 Å². The number of carboxylic acid groups (broad SMARTS) is 1. The molecule has 0 bridgehead atoms. The summed E-state index contributed by atoms with van der Waals surface area (Å²) < 4.78 is 25.9. The Hall–Kier alpha value is -1.41. The van der Waals surface area contributed by atoms with Gasteiger partial charge in [0.05, 0.1) is 11.9 Å². The molecule has 2 N–H and O–H groups in total. The van der Waals surface area contributed by atoms with Crippen molar-refractivity contribution in [3.63, 3.8) is 0 Å². The quantitative estimate of drug-likeness (QED) is 0.826. The lowest BCUT2D eigenvalue weighted by Crippen LogP contribution is -2.50. The molecule has 1 aliphatic heterocycles. The van der Waals surface area contributed by atoms with Gasteiger partial charge in [-0.1, -0.05) is 0 Å². The van der Waals surface area contributed by atoms with Gasteiger partial charge in [0, 0.05) is 6.54 Å². The van der Waals surface area contributed by atoms with Crippen LogP contribution in [0.25, 0.3) is 0 Å². The average molecular weight is 273 g/mol. The SMILES string of the molecule is Cc1[nH]ncc1S(=O)(=O)N1CCCC1(C)C(=O)O. The predicted octanol–water partition coefficient (Wildman–Crippen LogP) is 0.346. The highest BCUT2D eigenvalue weighted by Gasteiger charge is 2.50. The fourth-order valence-electron chi connectivity index (χ4n) is 2.26. The normalized spacial score (nSPS) is 25.4. The van der Waals surface area contributed by atoms with Crippen LogP contribution in [-0.2, 0) is 14.8 Å². The number of hydrogen-bond donors (Lipinski definition) is 2. The van der Waals surface area contributed by atoms with Crippen LogP contribution < -0.4 is 0 Å². The summed E-state index contributed by atoms with van der Waals surface area (Å²) in [6.07, 6.45) is 2.07. The largest absolute Gasteiger partial charge is 0.480 e. The molecule has 0 aliphatic carbocycles. The van der Waals surface area contributed by atoms with Gasteiger partial charge in [-0.25, -0.2) is 8.42 Å². The lowest BCUT2D eigenvalue weighted by Gasteiger charge is -2.29. The van der Waals surface area contributed by atoms with Crippen molar-refractivity contribution in [2.45, 2.75) is 37.1 Å². The first-order valence-corrected chi connectivity index (χ1v) is 7.00. The van der Waals surface area contributed by atoms with E-state index >= 15 is 0 Å². The number of aromatic amines is 1. The molecule has 0 spiro atoms. The average Bonchev–Trinajstić information content (AvgIpc) is 2.85. The molecule has 1 fully saturated rings. The lowest BCUT2D eigenvalue weighted by atomic mass is 10.0. The number of carboxylic acids is 1. The standard InChI is InChI=1S/C10H15N3O4S/c1-7-8(6-11-12-7)18(16,17)13-5-3-4-10(13,2)9(14)15/h6H,3-5H2,1-2H3,(H,11,12)(H,14,15). The first-order valence-electron chi connectivity index (χ1n) is 5.56. The molecule has 1 unspecified atom stereocenters. The Labute approximate surface area is 105 Å². The molecule has 0 radical (unpaired) electrons. The molecule has 100 valence electrons. The topological polar surface area (TPSA) is 103 Å². The molecule has 0 amide bonds. The van der Waals surface area contributed by atoms with Crippen LogP contribution in [0.3, 0.4) is 0 Å². The summed E-state index contributed by atoms with van der Waals surface area (Å²) in [5, 5.41) is 15.5. The Morgan fingerprint density at radius 3 is 2.78 bits per heavy atom. The molecule has 1 saturated heterocycles. The Bertz CT molecular complexity index is 580. The van der Waals surface area contributed by atoms with E-state index in [0.717, 1.165) is 4.31 Å². The van der Waals surface area contributed by atoms with Gasteiger partial charge >= 0.3 is 5.97 Å². The maximum Gasteiger partial charge on any atom is 0.324 e. The minimum Gasteiger partial charge on any atom is -0.480 e. The van der Waals surface area contributed by atoms with Crippen LogP contribution in [0.2, 0.25) is 0 Å². The molecule has 7 nitrogen and oxygen atoms in total. The maximum absolute atomic E-state index is 12.4. The van der Waals surface area contributed by atoms with Crippen LogP contribution in [0, 0.1) is 6.92 Å². The van der Waals surface area contributed by atoms with Crippen molar-refractivity contribution < 1.29 is 18.3 Å². The van der Waals surface area contributed by atoms with Crippen molar-refractivity contribution in [3.8, 4) is 0 Å². The first-order chi connectivity index (χ1) is 8.30. The molecule has 0 saturated carbocycles. The Morgan fingerprint density at radius 2 is 2.28 bits per heavy atom. The minimum atomic E-state index is -3.82. The monoisotopic (exact) mass is 273 g/mol. The van der Waals surface area contributed by atoms with Crippen LogP contribution in [-0.4, -0.2) is 46.1 Å². The van der Waals surface area contributed by atoms with Crippen molar-refractivity contribution >= 4 is 16.0 Å². The number of nitrogens with one attached hydrogen (secondary N) is 1. The molecular weight excluding hydrogens is 258 g/mol. The van der Waals surface area contributed by atoms with Crippen molar-refractivity contribution in [2.24, 2.45) is 0 Å². The van der Waals surface area contributed by atoms with E-state index in [1.54, 1.807) is 6.92 Å². The zero-order valence-corrected chi connectivity index (χ0v) is 11.0. The molecule has 0 aromatic carbocycles. The number of carbonyl (C=O) groups is 1. The van der Waals surface area contributed by atoms with E-state index in [1.165, 1.54) is 13.1 Å². The van der Waals surface area contributed by atoms with Crippen molar-refractivity contribution in [2.75, 3.05) is 6.54 Å². The maximum atomic E-state index is 12.4. The second kappa shape index (κ2) is 4.06. The number of H-pyrrole nitrogens is 1. The van der Waals surface area contributed by atoms with Crippen LogP contribution in [0.1, 0.15) is 25.5 Å². The summed E-state index contributed by atoms with van der Waals surface area (Å²) in [5.41, 5.74) is -0.961. The molecule has 1 atom stereocenters. The van der Waals surface area contributed by atoms with Crippen molar-refractivity contribution in [1.82, 2.24) is 14.5 Å². The third-order valence-electron chi connectivity index (χ3n) is 3.39. The predicted molar refractivity (Wildman–Crippen MR) is 62.5 cm³/mol. The Morgan fingerprint density at radius 1 is 1.61 bits per heavy atom. The number of hydrogen-bond acceptors (Lipinski definition) is 4. The highest BCUT2D eigenvalue weighted by Crippen LogP contribution is 2.35. The zero-order valence-electron chi connectivity index (χ0n) is 10.2. The van der Waals surface area contributed by atoms with E-state index in [0.29, 0.717) is 18.5 Å². The van der Waals surface area contributed by atoms with Gasteiger partial charge < -0.3 is 5.11 Å². The zero-order chi connectivity index (χ0) is 13.6. The van der Waals surface area contributed by atoms with Gasteiger partial charge in [-0.2, -0.15) is 9.40 Å². The molecule has 1 aromatic rings. The van der Waals surface area contributed by atoms with E-state index in [2.05, 4.69) is 10.2 Å².